The molecule has 2 aromatic rings. The van der Waals surface area contributed by atoms with Crippen molar-refractivity contribution in [3.05, 3.63) is 64.0 Å². The molecule has 40 heavy (non-hydrogen) atoms. The molecular formula is C28H28F2N4O6. The van der Waals surface area contributed by atoms with E-state index in [2.05, 4.69) is 28.5 Å². The zero-order chi connectivity index (χ0) is 28.6. The maximum Gasteiger partial charge on any atom is 0.445 e. The number of rotatable bonds is 4. The van der Waals surface area contributed by atoms with E-state index in [0.29, 0.717) is 17.9 Å². The Morgan fingerprint density at radius 2 is 1.88 bits per heavy atom. The van der Waals surface area contributed by atoms with Gasteiger partial charge in [-0.2, -0.15) is 0 Å². The fourth-order valence-corrected chi connectivity index (χ4v) is 5.60. The number of nitrogens with one attached hydrogen (secondary N) is 2. The molecule has 2 N–H and O–H groups in total. The minimum absolute atomic E-state index is 0.0253. The van der Waals surface area contributed by atoms with Crippen molar-refractivity contribution in [2.45, 2.75) is 63.6 Å². The average molecular weight is 555 g/mol. The van der Waals surface area contributed by atoms with Crippen molar-refractivity contribution >= 4 is 35.4 Å². The van der Waals surface area contributed by atoms with E-state index in [4.69, 9.17) is 0 Å². The van der Waals surface area contributed by atoms with Crippen LogP contribution in [0.25, 0.3) is 0 Å². The molecule has 5 amide bonds. The number of benzene rings is 2. The Balaban J connectivity index is 0.000000182. The monoisotopic (exact) mass is 554 g/mol. The van der Waals surface area contributed by atoms with E-state index in [-0.39, 0.29) is 43.0 Å². The fraction of sp³-hybridized carbons (Fsp3) is 0.393. The third-order valence-electron chi connectivity index (χ3n) is 7.95. The standard InChI is InChI=1S/C15H13F2N3O5.C13H15NO/c16-12-7(5-18-15(24)25-17)1-2-8-6-20(14(23)11(8)12)9-3-4-10(21)19-13(9)22;1-14-12(15)8-10-6-3-7-11(13(10)14)9-4-2-5-9/h1-2,9H,3-6H2,(H,18,24)(H,19,21,22);3,6-7,9H,2,4-5,8H2,1H3. The second kappa shape index (κ2) is 11.0. The predicted octanol–water partition coefficient (Wildman–Crippen LogP) is 3.17. The highest BCUT2D eigenvalue weighted by atomic mass is 19.3. The third kappa shape index (κ3) is 5.01. The second-order valence-electron chi connectivity index (χ2n) is 10.3. The molecule has 0 aromatic heterocycles. The molecule has 6 rings (SSSR count). The fourth-order valence-electron chi connectivity index (χ4n) is 5.60. The van der Waals surface area contributed by atoms with Crippen molar-refractivity contribution in [2.24, 2.45) is 0 Å². The molecule has 3 heterocycles. The summed E-state index contributed by atoms with van der Waals surface area (Å²) in [4.78, 5) is 64.0. The lowest BCUT2D eigenvalue weighted by atomic mass is 9.79. The molecule has 0 bridgehead atoms. The molecule has 210 valence electrons. The summed E-state index contributed by atoms with van der Waals surface area (Å²) in [7, 11) is 1.90. The van der Waals surface area contributed by atoms with E-state index in [0.717, 1.165) is 0 Å². The number of carbonyl (C=O) groups excluding carboxylic acids is 5. The molecule has 2 aromatic carbocycles. The molecule has 0 radical (unpaired) electrons. The van der Waals surface area contributed by atoms with Crippen LogP contribution in [-0.4, -0.2) is 47.7 Å². The lowest BCUT2D eigenvalue weighted by Gasteiger charge is -2.29. The summed E-state index contributed by atoms with van der Waals surface area (Å²) in [5.74, 6) is -1.59. The highest BCUT2D eigenvalue weighted by molar-refractivity contribution is 6.05. The van der Waals surface area contributed by atoms with Crippen molar-refractivity contribution in [1.82, 2.24) is 15.5 Å². The van der Waals surface area contributed by atoms with Gasteiger partial charge in [-0.3, -0.25) is 24.5 Å². The van der Waals surface area contributed by atoms with Gasteiger partial charge in [-0.1, -0.05) is 36.8 Å². The van der Waals surface area contributed by atoms with Gasteiger partial charge in [0.2, 0.25) is 17.7 Å². The maximum absolute atomic E-state index is 14.6. The van der Waals surface area contributed by atoms with Gasteiger partial charge in [0, 0.05) is 36.6 Å². The first-order valence-corrected chi connectivity index (χ1v) is 13.1. The summed E-state index contributed by atoms with van der Waals surface area (Å²) in [6, 6.07) is 8.38. The highest BCUT2D eigenvalue weighted by Gasteiger charge is 2.41. The molecule has 12 heteroatoms. The minimum atomic E-state index is -1.38. The summed E-state index contributed by atoms with van der Waals surface area (Å²) in [6.07, 6.45) is 3.40. The SMILES string of the molecule is CN1C(=O)Cc2cccc(C3CCC3)c21.O=C1CCC(N2Cc3ccc(CNC(=O)OF)c(F)c3C2=O)C(=O)N1. The van der Waals surface area contributed by atoms with Gasteiger partial charge < -0.3 is 15.1 Å². The molecule has 1 unspecified atom stereocenters. The van der Waals surface area contributed by atoms with Gasteiger partial charge in [-0.15, -0.1) is 0 Å². The van der Waals surface area contributed by atoms with Crippen molar-refractivity contribution in [2.75, 3.05) is 11.9 Å². The first-order chi connectivity index (χ1) is 19.2. The number of fused-ring (bicyclic) bond motifs is 2. The molecule has 4 aliphatic rings. The van der Waals surface area contributed by atoms with E-state index in [9.17, 15) is 32.9 Å². The van der Waals surface area contributed by atoms with Crippen LogP contribution >= 0.6 is 0 Å². The van der Waals surface area contributed by atoms with Gasteiger partial charge in [-0.25, -0.2) is 14.1 Å². The van der Waals surface area contributed by atoms with Crippen LogP contribution < -0.4 is 15.5 Å². The number of anilines is 1. The smallest absolute Gasteiger partial charge is 0.322 e. The van der Waals surface area contributed by atoms with Crippen molar-refractivity contribution in [3.8, 4) is 0 Å². The van der Waals surface area contributed by atoms with Crippen LogP contribution in [0, 0.1) is 5.82 Å². The molecule has 10 nitrogen and oxygen atoms in total. The van der Waals surface area contributed by atoms with Crippen LogP contribution in [-0.2, 0) is 38.8 Å². The Labute approximate surface area is 228 Å². The molecule has 1 atom stereocenters. The zero-order valence-electron chi connectivity index (χ0n) is 21.8. The quantitative estimate of drug-likeness (QED) is 0.560. The Bertz CT molecular complexity index is 1410. The summed E-state index contributed by atoms with van der Waals surface area (Å²) in [6.45, 7) is -0.328. The van der Waals surface area contributed by atoms with Crippen molar-refractivity contribution in [3.63, 3.8) is 0 Å². The van der Waals surface area contributed by atoms with Gasteiger partial charge in [0.15, 0.2) is 0 Å². The van der Waals surface area contributed by atoms with E-state index < -0.39 is 35.7 Å². The summed E-state index contributed by atoms with van der Waals surface area (Å²) < 4.78 is 26.3. The number of nitrogens with zero attached hydrogens (tertiary/aromatic N) is 2. The Kier molecular flexibility index (Phi) is 7.51. The molecule has 0 spiro atoms. The van der Waals surface area contributed by atoms with E-state index in [1.54, 1.807) is 0 Å². The van der Waals surface area contributed by atoms with Crippen molar-refractivity contribution < 1.29 is 37.8 Å². The lowest BCUT2D eigenvalue weighted by molar-refractivity contribution is -0.137. The molecule has 1 saturated carbocycles. The third-order valence-corrected chi connectivity index (χ3v) is 7.95. The topological polar surface area (TPSA) is 125 Å². The number of hydrogen-bond acceptors (Lipinski definition) is 6. The Morgan fingerprint density at radius 1 is 1.10 bits per heavy atom. The normalized spacial score (nSPS) is 19.8. The minimum Gasteiger partial charge on any atom is -0.322 e. The molecule has 3 aliphatic heterocycles. The zero-order valence-corrected chi connectivity index (χ0v) is 21.8. The van der Waals surface area contributed by atoms with Crippen LogP contribution in [0.4, 0.5) is 19.4 Å². The average Bonchev–Trinajstić information content (AvgIpc) is 3.39. The largest absolute Gasteiger partial charge is 0.445 e. The van der Waals surface area contributed by atoms with Gasteiger partial charge in [0.25, 0.3) is 5.91 Å². The first kappa shape index (κ1) is 27.2. The molecule has 2 fully saturated rings. The number of halogens is 2. The Hall–Kier alpha value is -4.35. The maximum atomic E-state index is 14.6. The van der Waals surface area contributed by atoms with Crippen LogP contribution in [0.3, 0.4) is 0 Å². The van der Waals surface area contributed by atoms with E-state index >= 15 is 0 Å². The van der Waals surface area contributed by atoms with Crippen molar-refractivity contribution in [1.29, 1.82) is 0 Å². The van der Waals surface area contributed by atoms with Gasteiger partial charge in [-0.05, 0) is 41.9 Å². The van der Waals surface area contributed by atoms with Crippen LogP contribution in [0.5, 0.6) is 0 Å². The van der Waals surface area contributed by atoms with Crippen LogP contribution in [0.1, 0.15) is 70.6 Å². The number of hydrogen-bond donors (Lipinski definition) is 2. The van der Waals surface area contributed by atoms with Gasteiger partial charge in [0.1, 0.15) is 11.9 Å². The molecule has 1 aliphatic carbocycles. The summed E-state index contributed by atoms with van der Waals surface area (Å²) in [5.41, 5.74) is 3.98. The number of likely N-dealkylation sites (N-methyl/N-ethyl adjacent to an activating group) is 1. The highest BCUT2D eigenvalue weighted by Crippen LogP contribution is 2.44. The van der Waals surface area contributed by atoms with Crippen LogP contribution in [0.15, 0.2) is 30.3 Å². The predicted molar refractivity (Wildman–Crippen MR) is 137 cm³/mol. The van der Waals surface area contributed by atoms with E-state index in [1.165, 1.54) is 53.1 Å². The summed E-state index contributed by atoms with van der Waals surface area (Å²) >= 11 is 0. The summed E-state index contributed by atoms with van der Waals surface area (Å²) in [5, 5.41) is 4.14. The van der Waals surface area contributed by atoms with Gasteiger partial charge >= 0.3 is 6.09 Å². The number of piperidine rings is 1. The van der Waals surface area contributed by atoms with Crippen LogP contribution in [0.2, 0.25) is 0 Å². The number of para-hydroxylation sites is 1. The second-order valence-corrected chi connectivity index (χ2v) is 10.3. The number of imide groups is 1. The lowest BCUT2D eigenvalue weighted by Crippen LogP contribution is -2.52. The van der Waals surface area contributed by atoms with Gasteiger partial charge in [0.05, 0.1) is 17.7 Å². The first-order valence-electron chi connectivity index (χ1n) is 13.1. The number of amides is 5. The Morgan fingerprint density at radius 3 is 2.55 bits per heavy atom. The molecular weight excluding hydrogens is 526 g/mol. The number of carbonyl (C=O) groups is 5. The molecule has 1 saturated heterocycles. The van der Waals surface area contributed by atoms with E-state index in [1.807, 2.05) is 17.3 Å².